The van der Waals surface area contributed by atoms with Crippen molar-refractivity contribution in [2.75, 3.05) is 0 Å². The van der Waals surface area contributed by atoms with Gasteiger partial charge in [-0.2, -0.15) is 0 Å². The van der Waals surface area contributed by atoms with Crippen LogP contribution in [0, 0.1) is 5.41 Å². The normalized spacial score (nSPS) is 22.1. The third-order valence-corrected chi connectivity index (χ3v) is 3.33. The first-order valence-electron chi connectivity index (χ1n) is 6.07. The Bertz CT molecular complexity index is 287. The molecule has 1 nitrogen and oxygen atoms in total. The van der Waals surface area contributed by atoms with Gasteiger partial charge in [0, 0.05) is 0 Å². The third-order valence-electron chi connectivity index (χ3n) is 3.33. The van der Waals surface area contributed by atoms with Crippen LogP contribution in [-0.4, -0.2) is 0 Å². The van der Waals surface area contributed by atoms with Crippen molar-refractivity contribution in [3.63, 3.8) is 0 Å². The van der Waals surface area contributed by atoms with E-state index in [4.69, 9.17) is 0 Å². The van der Waals surface area contributed by atoms with Crippen LogP contribution < -0.4 is 24.0 Å². The minimum Gasteiger partial charge on any atom is -0.875 e. The summed E-state index contributed by atoms with van der Waals surface area (Å²) >= 11 is 0. The number of allylic oxidation sites excluding steroid dienone is 4. The summed E-state index contributed by atoms with van der Waals surface area (Å²) in [5.41, 5.74) is 2.39. The first kappa shape index (κ1) is 15.9. The van der Waals surface area contributed by atoms with Crippen molar-refractivity contribution in [2.45, 2.75) is 59.8 Å². The minimum absolute atomic E-state index is 0. The van der Waals surface area contributed by atoms with Crippen molar-refractivity contribution in [1.82, 2.24) is 0 Å². The second-order valence-electron chi connectivity index (χ2n) is 5.21. The molecule has 0 saturated carbocycles. The molecule has 0 saturated heterocycles. The van der Waals surface area contributed by atoms with Crippen molar-refractivity contribution in [3.05, 3.63) is 23.0 Å². The molecule has 0 radical (unpaired) electrons. The predicted molar refractivity (Wildman–Crippen MR) is 63.3 cm³/mol. The van der Waals surface area contributed by atoms with Gasteiger partial charge >= 0.3 is 18.9 Å². The Hall–Kier alpha value is -0.123. The Morgan fingerprint density at radius 2 is 2.06 bits per heavy atom. The quantitative estimate of drug-likeness (QED) is 0.497. The zero-order valence-electron chi connectivity index (χ0n) is 11.5. The Balaban J connectivity index is 0.00000225. The van der Waals surface area contributed by atoms with Gasteiger partial charge in [-0.15, -0.1) is 5.76 Å². The van der Waals surface area contributed by atoms with Crippen molar-refractivity contribution in [3.8, 4) is 0 Å². The summed E-state index contributed by atoms with van der Waals surface area (Å²) < 4.78 is 0. The van der Waals surface area contributed by atoms with E-state index >= 15 is 0 Å². The maximum atomic E-state index is 12.1. The van der Waals surface area contributed by atoms with Gasteiger partial charge in [-0.3, -0.25) is 0 Å². The molecule has 0 heterocycles. The van der Waals surface area contributed by atoms with Gasteiger partial charge in [0.05, 0.1) is 0 Å². The van der Waals surface area contributed by atoms with E-state index in [0.717, 1.165) is 37.7 Å². The summed E-state index contributed by atoms with van der Waals surface area (Å²) in [6, 6.07) is 0. The van der Waals surface area contributed by atoms with Gasteiger partial charge in [-0.05, 0) is 31.6 Å². The molecule has 1 aliphatic carbocycles. The number of hydrogen-bond donors (Lipinski definition) is 0. The van der Waals surface area contributed by atoms with Crippen molar-refractivity contribution in [2.24, 2.45) is 5.41 Å². The molecule has 86 valence electrons. The summed E-state index contributed by atoms with van der Waals surface area (Å²) in [5, 5.41) is 12.1. The summed E-state index contributed by atoms with van der Waals surface area (Å²) in [4.78, 5) is 0. The molecule has 0 atom stereocenters. The second-order valence-corrected chi connectivity index (χ2v) is 5.21. The molecule has 2 heteroatoms. The van der Waals surface area contributed by atoms with E-state index < -0.39 is 0 Å². The molecule has 0 spiro atoms. The number of rotatable bonds is 3. The van der Waals surface area contributed by atoms with E-state index in [2.05, 4.69) is 33.8 Å². The van der Waals surface area contributed by atoms with Gasteiger partial charge in [0.15, 0.2) is 0 Å². The molecular formula is C14H23LiO. The minimum atomic E-state index is 0. The van der Waals surface area contributed by atoms with Gasteiger partial charge in [-0.25, -0.2) is 0 Å². The fourth-order valence-corrected chi connectivity index (χ4v) is 2.47. The van der Waals surface area contributed by atoms with Gasteiger partial charge in [0.1, 0.15) is 0 Å². The van der Waals surface area contributed by atoms with Crippen LogP contribution in [0.2, 0.25) is 0 Å². The van der Waals surface area contributed by atoms with Crippen LogP contribution in [-0.2, 0) is 0 Å². The fraction of sp³-hybridized carbons (Fsp3) is 0.714. The average molecular weight is 214 g/mol. The molecule has 0 aromatic rings. The Kier molecular flexibility index (Phi) is 6.52. The van der Waals surface area contributed by atoms with Gasteiger partial charge in [-0.1, -0.05) is 50.8 Å². The molecule has 0 aromatic carbocycles. The van der Waals surface area contributed by atoms with E-state index in [9.17, 15) is 5.11 Å². The monoisotopic (exact) mass is 214 g/mol. The number of unbranched alkanes of at least 4 members (excludes halogenated alkanes) is 1. The maximum absolute atomic E-state index is 12.1. The standard InChI is InChI=1S/C14H24O.Li/c1-5-6-9-12(15)13-11(2)8-7-10-14(13,3)4;/h8,15H,5-7,9-10H2,1-4H3;/q;+1/p-1/b13-12-;. The molecule has 0 aromatic heterocycles. The fourth-order valence-electron chi connectivity index (χ4n) is 2.47. The third kappa shape index (κ3) is 3.72. The van der Waals surface area contributed by atoms with E-state index in [1.165, 1.54) is 5.57 Å². The molecule has 0 fully saturated rings. The van der Waals surface area contributed by atoms with Crippen LogP contribution in [0.1, 0.15) is 59.8 Å². The molecule has 1 aliphatic rings. The van der Waals surface area contributed by atoms with Gasteiger partial charge < -0.3 is 5.11 Å². The van der Waals surface area contributed by atoms with E-state index in [1.54, 1.807) is 0 Å². The molecule has 0 bridgehead atoms. The SMILES string of the molecule is CCCC/C([O-])=C1\C(C)=CCCC1(C)C.[Li+]. The van der Waals surface area contributed by atoms with Crippen molar-refractivity contribution >= 4 is 0 Å². The zero-order valence-corrected chi connectivity index (χ0v) is 11.5. The number of hydrogen-bond acceptors (Lipinski definition) is 1. The van der Waals surface area contributed by atoms with E-state index in [-0.39, 0.29) is 24.3 Å². The molecule has 0 N–H and O–H groups in total. The Morgan fingerprint density at radius 1 is 1.44 bits per heavy atom. The van der Waals surface area contributed by atoms with Gasteiger partial charge in [0.25, 0.3) is 0 Å². The summed E-state index contributed by atoms with van der Waals surface area (Å²) in [5.74, 6) is 0.371. The first-order valence-corrected chi connectivity index (χ1v) is 6.07. The van der Waals surface area contributed by atoms with E-state index in [1.807, 2.05) is 0 Å². The molecule has 16 heavy (non-hydrogen) atoms. The van der Waals surface area contributed by atoms with Crippen LogP contribution in [0.5, 0.6) is 0 Å². The maximum Gasteiger partial charge on any atom is 1.00 e. The molecule has 1 rings (SSSR count). The van der Waals surface area contributed by atoms with Crippen molar-refractivity contribution < 1.29 is 24.0 Å². The summed E-state index contributed by atoms with van der Waals surface area (Å²) in [7, 11) is 0. The van der Waals surface area contributed by atoms with Crippen molar-refractivity contribution in [1.29, 1.82) is 0 Å². The molecular weight excluding hydrogens is 191 g/mol. The predicted octanol–water partition coefficient (Wildman–Crippen LogP) is 0.561. The topological polar surface area (TPSA) is 23.1 Å². The molecule has 0 aliphatic heterocycles. The van der Waals surface area contributed by atoms with Crippen LogP contribution in [0.4, 0.5) is 0 Å². The first-order chi connectivity index (χ1) is 6.99. The Morgan fingerprint density at radius 3 is 2.56 bits per heavy atom. The summed E-state index contributed by atoms with van der Waals surface area (Å²) in [6.07, 6.45) is 7.28. The van der Waals surface area contributed by atoms with Crippen LogP contribution >= 0.6 is 0 Å². The zero-order chi connectivity index (χ0) is 11.5. The Labute approximate surface area is 112 Å². The molecule has 0 unspecified atom stereocenters. The summed E-state index contributed by atoms with van der Waals surface area (Å²) in [6.45, 7) is 8.61. The van der Waals surface area contributed by atoms with E-state index in [0.29, 0.717) is 5.76 Å². The smallest absolute Gasteiger partial charge is 0.875 e. The average Bonchev–Trinajstić information content (AvgIpc) is 2.13. The van der Waals surface area contributed by atoms with Crippen LogP contribution in [0.15, 0.2) is 23.0 Å². The van der Waals surface area contributed by atoms with Crippen LogP contribution in [0.3, 0.4) is 0 Å². The molecule has 0 amide bonds. The van der Waals surface area contributed by atoms with Crippen LogP contribution in [0.25, 0.3) is 0 Å². The van der Waals surface area contributed by atoms with Gasteiger partial charge in [0.2, 0.25) is 0 Å². The second kappa shape index (κ2) is 6.57. The largest absolute Gasteiger partial charge is 1.00 e.